The topological polar surface area (TPSA) is 54.0 Å². The zero-order chi connectivity index (χ0) is 12.2. The lowest BCUT2D eigenvalue weighted by atomic mass is 10.2. The minimum atomic E-state index is -0.460. The van der Waals surface area contributed by atoms with Gasteiger partial charge in [-0.3, -0.25) is 5.43 Å². The zero-order valence-corrected chi connectivity index (χ0v) is 10.4. The van der Waals surface area contributed by atoms with Gasteiger partial charge in [-0.25, -0.2) is 9.80 Å². The molecule has 0 aliphatic carbocycles. The van der Waals surface area contributed by atoms with Gasteiger partial charge >= 0.3 is 6.09 Å². The molecular weight excluding hydrogens is 210 g/mol. The largest absolute Gasteiger partial charge is 0.443 e. The Morgan fingerprint density at radius 1 is 1.19 bits per heavy atom. The van der Waals surface area contributed by atoms with Gasteiger partial charge < -0.3 is 9.57 Å². The molecular formula is C10H21N3O3. The van der Waals surface area contributed by atoms with Crippen molar-refractivity contribution in [1.82, 2.24) is 15.5 Å². The van der Waals surface area contributed by atoms with Crippen molar-refractivity contribution in [3.63, 3.8) is 0 Å². The summed E-state index contributed by atoms with van der Waals surface area (Å²) in [7, 11) is 1.65. The summed E-state index contributed by atoms with van der Waals surface area (Å²) in [5.74, 6) is 0. The summed E-state index contributed by atoms with van der Waals surface area (Å²) in [6.07, 6.45) is -0.404. The summed E-state index contributed by atoms with van der Waals surface area (Å²) in [6.45, 7) is 8.53. The number of hydrogen-bond donors (Lipinski definition) is 1. The third kappa shape index (κ3) is 4.78. The molecule has 0 unspecified atom stereocenters. The number of hydrogen-bond acceptors (Lipinski definition) is 5. The summed E-state index contributed by atoms with van der Waals surface area (Å²) >= 11 is 0. The van der Waals surface area contributed by atoms with Gasteiger partial charge in [-0.15, -0.1) is 0 Å². The molecule has 0 radical (unpaired) electrons. The minimum absolute atomic E-state index is 0.404. The molecule has 0 spiro atoms. The average Bonchev–Trinajstić information content (AvgIpc) is 2.16. The molecule has 1 aliphatic rings. The molecule has 1 aliphatic heterocycles. The number of ether oxygens (including phenoxy) is 1. The van der Waals surface area contributed by atoms with Gasteiger partial charge in [0.05, 0.1) is 7.11 Å². The van der Waals surface area contributed by atoms with Crippen molar-refractivity contribution in [1.29, 1.82) is 0 Å². The average molecular weight is 231 g/mol. The fraction of sp³-hybridized carbons (Fsp3) is 0.900. The van der Waals surface area contributed by atoms with Crippen LogP contribution in [0, 0.1) is 0 Å². The van der Waals surface area contributed by atoms with Gasteiger partial charge in [0.15, 0.2) is 0 Å². The van der Waals surface area contributed by atoms with Crippen molar-refractivity contribution in [3.05, 3.63) is 0 Å². The predicted octanol–water partition coefficient (Wildman–Crippen LogP) is 0.605. The van der Waals surface area contributed by atoms with Crippen LogP contribution in [0.2, 0.25) is 0 Å². The smallest absolute Gasteiger partial charge is 0.422 e. The highest BCUT2D eigenvalue weighted by atomic mass is 16.7. The fourth-order valence-electron chi connectivity index (χ4n) is 1.41. The number of hydroxylamine groups is 2. The van der Waals surface area contributed by atoms with Gasteiger partial charge in [0.25, 0.3) is 0 Å². The number of nitrogens with one attached hydrogen (secondary N) is 1. The van der Waals surface area contributed by atoms with E-state index in [2.05, 4.69) is 5.43 Å². The lowest BCUT2D eigenvalue weighted by molar-refractivity contribution is -0.155. The Bertz CT molecular complexity index is 232. The first-order valence-electron chi connectivity index (χ1n) is 5.44. The molecule has 0 bridgehead atoms. The van der Waals surface area contributed by atoms with E-state index in [0.29, 0.717) is 0 Å². The Labute approximate surface area is 96.4 Å². The van der Waals surface area contributed by atoms with Crippen LogP contribution in [-0.2, 0) is 9.57 Å². The summed E-state index contributed by atoms with van der Waals surface area (Å²) in [4.78, 5) is 16.5. The molecule has 6 heteroatoms. The Kier molecular flexibility index (Phi) is 4.52. The van der Waals surface area contributed by atoms with Gasteiger partial charge in [0.1, 0.15) is 5.60 Å². The van der Waals surface area contributed by atoms with Gasteiger partial charge in [-0.05, 0) is 20.8 Å². The van der Waals surface area contributed by atoms with Crippen LogP contribution in [0.3, 0.4) is 0 Å². The molecule has 0 aromatic rings. The molecule has 1 fully saturated rings. The van der Waals surface area contributed by atoms with Gasteiger partial charge in [0.2, 0.25) is 0 Å². The quantitative estimate of drug-likeness (QED) is 0.754. The third-order valence-corrected chi connectivity index (χ3v) is 2.15. The van der Waals surface area contributed by atoms with Gasteiger partial charge in [-0.1, -0.05) is 0 Å². The molecule has 1 saturated heterocycles. The lowest BCUT2D eigenvalue weighted by Crippen LogP contribution is -2.53. The van der Waals surface area contributed by atoms with Crippen molar-refractivity contribution < 1.29 is 14.4 Å². The van der Waals surface area contributed by atoms with Crippen LogP contribution in [0.25, 0.3) is 0 Å². The summed E-state index contributed by atoms with van der Waals surface area (Å²) in [5, 5.41) is 3.69. The molecule has 1 heterocycles. The van der Waals surface area contributed by atoms with E-state index in [9.17, 15) is 4.79 Å². The van der Waals surface area contributed by atoms with Crippen molar-refractivity contribution in [2.24, 2.45) is 0 Å². The van der Waals surface area contributed by atoms with Gasteiger partial charge in [-0.2, -0.15) is 5.06 Å². The van der Waals surface area contributed by atoms with E-state index in [-0.39, 0.29) is 0 Å². The first kappa shape index (κ1) is 13.2. The Morgan fingerprint density at radius 2 is 1.75 bits per heavy atom. The summed E-state index contributed by atoms with van der Waals surface area (Å²) in [6, 6.07) is 0. The maximum absolute atomic E-state index is 11.5. The Balaban J connectivity index is 2.26. The van der Waals surface area contributed by atoms with E-state index < -0.39 is 11.7 Å². The maximum Gasteiger partial charge on any atom is 0.422 e. The Hall–Kier alpha value is -0.850. The SMILES string of the molecule is CON1CCN(NC(=O)OC(C)(C)C)CC1. The monoisotopic (exact) mass is 231 g/mol. The summed E-state index contributed by atoms with van der Waals surface area (Å²) in [5.41, 5.74) is 2.25. The van der Waals surface area contributed by atoms with Crippen LogP contribution in [-0.4, -0.2) is 55.1 Å². The van der Waals surface area contributed by atoms with Crippen LogP contribution >= 0.6 is 0 Å². The number of carbonyl (C=O) groups excluding carboxylic acids is 1. The van der Waals surface area contributed by atoms with Crippen LogP contribution in [0.5, 0.6) is 0 Å². The first-order valence-corrected chi connectivity index (χ1v) is 5.44. The molecule has 1 N–H and O–H groups in total. The molecule has 16 heavy (non-hydrogen) atoms. The van der Waals surface area contributed by atoms with Crippen LogP contribution in [0.15, 0.2) is 0 Å². The van der Waals surface area contributed by atoms with E-state index in [1.54, 1.807) is 7.11 Å². The first-order chi connectivity index (χ1) is 7.40. The van der Waals surface area contributed by atoms with Gasteiger partial charge in [0, 0.05) is 26.2 Å². The summed E-state index contributed by atoms with van der Waals surface area (Å²) < 4.78 is 5.16. The highest BCUT2D eigenvalue weighted by molar-refractivity contribution is 5.67. The number of nitrogens with zero attached hydrogens (tertiary/aromatic N) is 2. The molecule has 1 rings (SSSR count). The number of hydrazine groups is 1. The highest BCUT2D eigenvalue weighted by Crippen LogP contribution is 2.07. The molecule has 6 nitrogen and oxygen atoms in total. The number of piperazine rings is 1. The maximum atomic E-state index is 11.5. The molecule has 1 amide bonds. The van der Waals surface area contributed by atoms with Crippen molar-refractivity contribution in [3.8, 4) is 0 Å². The van der Waals surface area contributed by atoms with E-state index in [1.165, 1.54) is 0 Å². The van der Waals surface area contributed by atoms with Crippen LogP contribution in [0.4, 0.5) is 4.79 Å². The van der Waals surface area contributed by atoms with E-state index in [0.717, 1.165) is 26.2 Å². The molecule has 0 saturated carbocycles. The zero-order valence-electron chi connectivity index (χ0n) is 10.4. The molecule has 0 aromatic heterocycles. The second-order valence-corrected chi connectivity index (χ2v) is 4.71. The molecule has 0 aromatic carbocycles. The normalized spacial score (nSPS) is 19.5. The Morgan fingerprint density at radius 3 is 2.19 bits per heavy atom. The van der Waals surface area contributed by atoms with Crippen molar-refractivity contribution in [2.75, 3.05) is 33.3 Å². The van der Waals surface area contributed by atoms with Crippen LogP contribution < -0.4 is 5.43 Å². The number of rotatable bonds is 2. The van der Waals surface area contributed by atoms with Crippen molar-refractivity contribution >= 4 is 6.09 Å². The number of carbonyl (C=O) groups is 1. The molecule has 94 valence electrons. The van der Waals surface area contributed by atoms with E-state index in [4.69, 9.17) is 9.57 Å². The number of amides is 1. The third-order valence-electron chi connectivity index (χ3n) is 2.15. The van der Waals surface area contributed by atoms with Crippen LogP contribution in [0.1, 0.15) is 20.8 Å². The minimum Gasteiger partial charge on any atom is -0.443 e. The predicted molar refractivity (Wildman–Crippen MR) is 59.5 cm³/mol. The second-order valence-electron chi connectivity index (χ2n) is 4.71. The van der Waals surface area contributed by atoms with E-state index >= 15 is 0 Å². The van der Waals surface area contributed by atoms with Crippen molar-refractivity contribution in [2.45, 2.75) is 26.4 Å². The second kappa shape index (κ2) is 5.47. The standard InChI is InChI=1S/C10H21N3O3/c1-10(2,3)16-9(14)11-12-5-7-13(15-4)8-6-12/h5-8H2,1-4H3,(H,11,14). The van der Waals surface area contributed by atoms with E-state index in [1.807, 2.05) is 30.8 Å². The highest BCUT2D eigenvalue weighted by Gasteiger charge is 2.21. The fourth-order valence-corrected chi connectivity index (χ4v) is 1.41. The molecule has 0 atom stereocenters. The lowest BCUT2D eigenvalue weighted by Gasteiger charge is -2.33.